The summed E-state index contributed by atoms with van der Waals surface area (Å²) in [5.41, 5.74) is 1.59. The van der Waals surface area contributed by atoms with Gasteiger partial charge in [-0.15, -0.1) is 0 Å². The van der Waals surface area contributed by atoms with E-state index >= 15 is 0 Å². The summed E-state index contributed by atoms with van der Waals surface area (Å²) >= 11 is 0. The molecule has 0 radical (unpaired) electrons. The minimum Gasteiger partial charge on any atom is -0.480 e. The van der Waals surface area contributed by atoms with Gasteiger partial charge in [0.2, 0.25) is 5.91 Å². The van der Waals surface area contributed by atoms with Crippen molar-refractivity contribution >= 4 is 23.5 Å². The van der Waals surface area contributed by atoms with Crippen molar-refractivity contribution in [3.05, 3.63) is 65.7 Å². The number of rotatable bonds is 8. The van der Waals surface area contributed by atoms with E-state index < -0.39 is 30.4 Å². The van der Waals surface area contributed by atoms with E-state index in [1.54, 1.807) is 31.2 Å². The number of aliphatic carboxylic acids is 1. The van der Waals surface area contributed by atoms with E-state index in [1.807, 2.05) is 30.3 Å². The van der Waals surface area contributed by atoms with Crippen LogP contribution in [0.15, 0.2) is 54.6 Å². The second-order valence-electron chi connectivity index (χ2n) is 5.58. The van der Waals surface area contributed by atoms with Crippen LogP contribution in [0, 0.1) is 0 Å². The summed E-state index contributed by atoms with van der Waals surface area (Å²) < 4.78 is 5.32. The number of anilines is 1. The number of amides is 1. The molecular formula is C19H20N2O5. The molecule has 136 valence electrons. The molecule has 0 fully saturated rings. The van der Waals surface area contributed by atoms with Crippen LogP contribution in [-0.2, 0) is 20.9 Å². The van der Waals surface area contributed by atoms with Crippen molar-refractivity contribution in [2.75, 3.05) is 11.9 Å². The Balaban J connectivity index is 2.01. The van der Waals surface area contributed by atoms with Gasteiger partial charge in [0.05, 0.1) is 5.56 Å². The van der Waals surface area contributed by atoms with Crippen LogP contribution in [0.5, 0.6) is 0 Å². The Morgan fingerprint density at radius 3 is 2.38 bits per heavy atom. The summed E-state index contributed by atoms with van der Waals surface area (Å²) in [4.78, 5) is 34.8. The Morgan fingerprint density at radius 1 is 1.04 bits per heavy atom. The normalized spacial score (nSPS) is 11.3. The highest BCUT2D eigenvalue weighted by Gasteiger charge is 2.18. The van der Waals surface area contributed by atoms with Crippen molar-refractivity contribution in [2.45, 2.75) is 19.6 Å². The number of para-hydroxylation sites is 1. The van der Waals surface area contributed by atoms with Gasteiger partial charge in [-0.1, -0.05) is 42.5 Å². The van der Waals surface area contributed by atoms with E-state index in [0.717, 1.165) is 5.56 Å². The second kappa shape index (κ2) is 9.22. The van der Waals surface area contributed by atoms with Gasteiger partial charge < -0.3 is 20.5 Å². The molecule has 0 aliphatic rings. The first-order valence-corrected chi connectivity index (χ1v) is 8.03. The largest absolute Gasteiger partial charge is 0.480 e. The molecule has 2 aromatic rings. The monoisotopic (exact) mass is 356 g/mol. The van der Waals surface area contributed by atoms with Gasteiger partial charge in [0.25, 0.3) is 0 Å². The molecule has 7 nitrogen and oxygen atoms in total. The van der Waals surface area contributed by atoms with E-state index in [4.69, 9.17) is 9.84 Å². The molecule has 1 unspecified atom stereocenters. The minimum absolute atomic E-state index is 0.142. The van der Waals surface area contributed by atoms with Crippen molar-refractivity contribution < 1.29 is 24.2 Å². The number of carboxylic acids is 1. The molecule has 0 aliphatic heterocycles. The lowest BCUT2D eigenvalue weighted by Crippen LogP contribution is -2.40. The van der Waals surface area contributed by atoms with Crippen LogP contribution < -0.4 is 10.6 Å². The predicted molar refractivity (Wildman–Crippen MR) is 95.7 cm³/mol. The number of hydrogen-bond donors (Lipinski definition) is 3. The molecule has 2 aromatic carbocycles. The van der Waals surface area contributed by atoms with E-state index in [9.17, 15) is 14.4 Å². The molecule has 1 amide bonds. The fourth-order valence-electron chi connectivity index (χ4n) is 2.20. The Hall–Kier alpha value is -3.35. The van der Waals surface area contributed by atoms with Gasteiger partial charge >= 0.3 is 11.9 Å². The molecule has 0 bridgehead atoms. The number of ether oxygens (including phenoxy) is 1. The quantitative estimate of drug-likeness (QED) is 0.625. The first-order valence-electron chi connectivity index (χ1n) is 8.03. The zero-order chi connectivity index (χ0) is 18.9. The Morgan fingerprint density at radius 2 is 1.69 bits per heavy atom. The number of hydrogen-bond acceptors (Lipinski definition) is 5. The maximum atomic E-state index is 12.4. The maximum absolute atomic E-state index is 12.4. The zero-order valence-corrected chi connectivity index (χ0v) is 14.3. The van der Waals surface area contributed by atoms with Gasteiger partial charge in [0.1, 0.15) is 19.2 Å². The number of esters is 1. The lowest BCUT2D eigenvalue weighted by molar-refractivity contribution is -0.138. The maximum Gasteiger partial charge on any atom is 0.340 e. The predicted octanol–water partition coefficient (Wildman–Crippen LogP) is 2.04. The van der Waals surface area contributed by atoms with Gasteiger partial charge in [-0.3, -0.25) is 9.59 Å². The first kappa shape index (κ1) is 19.0. The molecule has 0 spiro atoms. The SMILES string of the molecule is CC(Nc1ccccc1C(=O)OCc1ccccc1)C(=O)NCC(=O)O. The Kier molecular flexibility index (Phi) is 6.73. The molecular weight excluding hydrogens is 336 g/mol. The number of carboxylic acid groups (broad SMARTS) is 1. The van der Waals surface area contributed by atoms with Crippen molar-refractivity contribution in [3.8, 4) is 0 Å². The van der Waals surface area contributed by atoms with Gasteiger partial charge in [0, 0.05) is 5.69 Å². The summed E-state index contributed by atoms with van der Waals surface area (Å²) in [6.45, 7) is 1.25. The highest BCUT2D eigenvalue weighted by molar-refractivity contribution is 5.97. The van der Waals surface area contributed by atoms with E-state index in [1.165, 1.54) is 0 Å². The van der Waals surface area contributed by atoms with Gasteiger partial charge in [-0.25, -0.2) is 4.79 Å². The third-order valence-corrected chi connectivity index (χ3v) is 3.54. The molecule has 0 saturated carbocycles. The fraction of sp³-hybridized carbons (Fsp3) is 0.211. The Bertz CT molecular complexity index is 777. The molecule has 0 aliphatic carbocycles. The number of nitrogens with one attached hydrogen (secondary N) is 2. The van der Waals surface area contributed by atoms with Crippen LogP contribution in [0.25, 0.3) is 0 Å². The average Bonchev–Trinajstić information content (AvgIpc) is 2.65. The van der Waals surface area contributed by atoms with Crippen LogP contribution in [0.2, 0.25) is 0 Å². The lowest BCUT2D eigenvalue weighted by Gasteiger charge is -2.17. The molecule has 2 rings (SSSR count). The summed E-state index contributed by atoms with van der Waals surface area (Å²) in [5.74, 6) is -2.13. The molecule has 0 heterocycles. The van der Waals surface area contributed by atoms with E-state index in [2.05, 4.69) is 10.6 Å². The van der Waals surface area contributed by atoms with E-state index in [-0.39, 0.29) is 6.61 Å². The zero-order valence-electron chi connectivity index (χ0n) is 14.3. The summed E-state index contributed by atoms with van der Waals surface area (Å²) in [6, 6.07) is 15.2. The molecule has 1 atom stereocenters. The average molecular weight is 356 g/mol. The lowest BCUT2D eigenvalue weighted by atomic mass is 10.1. The molecule has 3 N–H and O–H groups in total. The van der Waals surface area contributed by atoms with Crippen LogP contribution in [-0.4, -0.2) is 35.5 Å². The van der Waals surface area contributed by atoms with Crippen LogP contribution >= 0.6 is 0 Å². The van der Waals surface area contributed by atoms with Crippen molar-refractivity contribution in [3.63, 3.8) is 0 Å². The number of carbonyl (C=O) groups excluding carboxylic acids is 2. The summed E-state index contributed by atoms with van der Waals surface area (Å²) in [5, 5.41) is 13.8. The molecule has 0 aromatic heterocycles. The molecule has 26 heavy (non-hydrogen) atoms. The summed E-state index contributed by atoms with van der Waals surface area (Å²) in [7, 11) is 0. The molecule has 7 heteroatoms. The first-order chi connectivity index (χ1) is 12.5. The van der Waals surface area contributed by atoms with E-state index in [0.29, 0.717) is 11.3 Å². The minimum atomic E-state index is -1.13. The van der Waals surface area contributed by atoms with Crippen molar-refractivity contribution in [1.29, 1.82) is 0 Å². The third-order valence-electron chi connectivity index (χ3n) is 3.54. The van der Waals surface area contributed by atoms with Crippen LogP contribution in [0.3, 0.4) is 0 Å². The van der Waals surface area contributed by atoms with Gasteiger partial charge in [-0.2, -0.15) is 0 Å². The Labute approximate surface area is 151 Å². The molecule has 0 saturated heterocycles. The number of carbonyl (C=O) groups is 3. The highest BCUT2D eigenvalue weighted by Crippen LogP contribution is 2.18. The third kappa shape index (κ3) is 5.62. The topological polar surface area (TPSA) is 105 Å². The van der Waals surface area contributed by atoms with Crippen molar-refractivity contribution in [1.82, 2.24) is 5.32 Å². The summed E-state index contributed by atoms with van der Waals surface area (Å²) in [6.07, 6.45) is 0. The fourth-order valence-corrected chi connectivity index (χ4v) is 2.20. The second-order valence-corrected chi connectivity index (χ2v) is 5.58. The highest BCUT2D eigenvalue weighted by atomic mass is 16.5. The van der Waals surface area contributed by atoms with Crippen LogP contribution in [0.1, 0.15) is 22.8 Å². The van der Waals surface area contributed by atoms with Crippen LogP contribution in [0.4, 0.5) is 5.69 Å². The number of benzene rings is 2. The van der Waals surface area contributed by atoms with Gasteiger partial charge in [0.15, 0.2) is 0 Å². The van der Waals surface area contributed by atoms with Crippen molar-refractivity contribution in [2.24, 2.45) is 0 Å². The standard InChI is InChI=1S/C19H20N2O5/c1-13(18(24)20-11-17(22)23)21-16-10-6-5-9-15(16)19(25)26-12-14-7-3-2-4-8-14/h2-10,13,21H,11-12H2,1H3,(H,20,24)(H,22,23). The smallest absolute Gasteiger partial charge is 0.340 e. The van der Waals surface area contributed by atoms with Gasteiger partial charge in [-0.05, 0) is 24.6 Å².